The minimum Gasteiger partial charge on any atom is -0.455 e. The van der Waals surface area contributed by atoms with Gasteiger partial charge in [0, 0.05) is 33.1 Å². The molecule has 0 bridgehead atoms. The van der Waals surface area contributed by atoms with Crippen molar-refractivity contribution in [1.82, 2.24) is 0 Å². The van der Waals surface area contributed by atoms with Crippen LogP contribution in [0.4, 0.5) is 17.1 Å². The van der Waals surface area contributed by atoms with Gasteiger partial charge in [-0.05, 0) is 86.1 Å². The Morgan fingerprint density at radius 1 is 0.340 bits per heavy atom. The summed E-state index contributed by atoms with van der Waals surface area (Å²) in [4.78, 5) is 2.39. The molecule has 9 aromatic carbocycles. The topological polar surface area (TPSA) is 16.4 Å². The quantitative estimate of drug-likeness (QED) is 0.175. The first-order valence-electron chi connectivity index (χ1n) is 17.1. The van der Waals surface area contributed by atoms with Crippen molar-refractivity contribution in [3.05, 3.63) is 188 Å². The number of hydrogen-bond acceptors (Lipinski definition) is 2. The average molecular weight is 638 g/mol. The normalized spacial score (nSPS) is 11.6. The Hall–Kier alpha value is -6.64. The molecule has 2 heteroatoms. The van der Waals surface area contributed by atoms with Crippen molar-refractivity contribution in [2.24, 2.45) is 0 Å². The highest BCUT2D eigenvalue weighted by molar-refractivity contribution is 6.14. The van der Waals surface area contributed by atoms with Gasteiger partial charge in [0.15, 0.2) is 0 Å². The van der Waals surface area contributed by atoms with Gasteiger partial charge in [-0.3, -0.25) is 0 Å². The van der Waals surface area contributed by atoms with Crippen LogP contribution in [0.5, 0.6) is 0 Å². The van der Waals surface area contributed by atoms with Gasteiger partial charge in [0.05, 0.1) is 5.69 Å². The van der Waals surface area contributed by atoms with Crippen LogP contribution in [0.15, 0.2) is 192 Å². The molecule has 0 aliphatic heterocycles. The van der Waals surface area contributed by atoms with Crippen molar-refractivity contribution < 1.29 is 4.42 Å². The molecule has 2 nitrogen and oxygen atoms in total. The number of benzene rings is 9. The van der Waals surface area contributed by atoms with E-state index in [4.69, 9.17) is 4.42 Å². The molecule has 10 aromatic rings. The first kappa shape index (κ1) is 28.4. The molecular weight excluding hydrogens is 607 g/mol. The van der Waals surface area contributed by atoms with Crippen molar-refractivity contribution >= 4 is 71.3 Å². The zero-order chi connectivity index (χ0) is 33.0. The fourth-order valence-corrected chi connectivity index (χ4v) is 7.70. The largest absolute Gasteiger partial charge is 0.455 e. The molecule has 0 N–H and O–H groups in total. The molecule has 0 radical (unpaired) electrons. The van der Waals surface area contributed by atoms with Gasteiger partial charge in [0.2, 0.25) is 0 Å². The lowest BCUT2D eigenvalue weighted by Crippen LogP contribution is -2.10. The Balaban J connectivity index is 1.15. The van der Waals surface area contributed by atoms with E-state index in [1.165, 1.54) is 43.4 Å². The molecule has 1 heterocycles. The summed E-state index contributed by atoms with van der Waals surface area (Å²) in [6.07, 6.45) is 0. The molecule has 0 aliphatic carbocycles. The molecule has 0 spiro atoms. The summed E-state index contributed by atoms with van der Waals surface area (Å²) in [5.41, 5.74) is 9.77. The summed E-state index contributed by atoms with van der Waals surface area (Å²) in [5.74, 6) is 0. The Bertz CT molecular complexity index is 2870. The minimum atomic E-state index is 0.910. The van der Waals surface area contributed by atoms with E-state index in [1.807, 2.05) is 12.1 Å². The van der Waals surface area contributed by atoms with Gasteiger partial charge >= 0.3 is 0 Å². The van der Waals surface area contributed by atoms with E-state index >= 15 is 0 Å². The summed E-state index contributed by atoms with van der Waals surface area (Å²) in [5, 5.41) is 9.73. The molecule has 0 saturated heterocycles. The SMILES string of the molecule is c1cc(-c2cc3ccccc3c3ccccc23)cc(N(c2ccc(-c3cccc4c3oc3ccccc34)cc2)c2cccc3ccccc23)c1. The molecule has 10 rings (SSSR count). The Labute approximate surface area is 290 Å². The van der Waals surface area contributed by atoms with Gasteiger partial charge in [0.1, 0.15) is 11.2 Å². The fraction of sp³-hybridized carbons (Fsp3) is 0. The van der Waals surface area contributed by atoms with Gasteiger partial charge < -0.3 is 9.32 Å². The lowest BCUT2D eigenvalue weighted by atomic mass is 9.93. The van der Waals surface area contributed by atoms with E-state index in [0.717, 1.165) is 50.1 Å². The number of furan rings is 1. The maximum atomic E-state index is 6.40. The third-order valence-electron chi connectivity index (χ3n) is 10.0. The lowest BCUT2D eigenvalue weighted by Gasteiger charge is -2.27. The summed E-state index contributed by atoms with van der Waals surface area (Å²) >= 11 is 0. The standard InChI is InChI=1S/C48H31NO/c1-4-18-39-32(12-1)14-10-24-46(39)49(36-28-26-33(27-29-36)40-22-11-23-44-43-21-7-8-25-47(43)50-48(40)44)37-16-9-15-34(30-37)45-31-35-13-2-3-17-38(35)41-19-5-6-20-42(41)45/h1-31H. The fourth-order valence-electron chi connectivity index (χ4n) is 7.70. The van der Waals surface area contributed by atoms with Crippen molar-refractivity contribution in [1.29, 1.82) is 0 Å². The summed E-state index contributed by atoms with van der Waals surface area (Å²) < 4.78 is 6.40. The molecule has 50 heavy (non-hydrogen) atoms. The molecule has 0 atom stereocenters. The van der Waals surface area contributed by atoms with Crippen LogP contribution in [-0.4, -0.2) is 0 Å². The molecule has 234 valence electrons. The second-order valence-electron chi connectivity index (χ2n) is 12.9. The number of fused-ring (bicyclic) bond motifs is 7. The van der Waals surface area contributed by atoms with Gasteiger partial charge in [0.25, 0.3) is 0 Å². The first-order chi connectivity index (χ1) is 24.8. The van der Waals surface area contributed by atoms with Gasteiger partial charge in [-0.1, -0.05) is 146 Å². The zero-order valence-electron chi connectivity index (χ0n) is 27.3. The predicted molar refractivity (Wildman–Crippen MR) is 212 cm³/mol. The lowest BCUT2D eigenvalue weighted by molar-refractivity contribution is 0.670. The summed E-state index contributed by atoms with van der Waals surface area (Å²) in [7, 11) is 0. The monoisotopic (exact) mass is 637 g/mol. The van der Waals surface area contributed by atoms with E-state index in [9.17, 15) is 0 Å². The highest BCUT2D eigenvalue weighted by Crippen LogP contribution is 2.43. The molecule has 0 aliphatic rings. The van der Waals surface area contributed by atoms with Crippen LogP contribution in [0.2, 0.25) is 0 Å². The smallest absolute Gasteiger partial charge is 0.143 e. The van der Waals surface area contributed by atoms with Crippen LogP contribution < -0.4 is 4.90 Å². The Morgan fingerprint density at radius 3 is 1.84 bits per heavy atom. The van der Waals surface area contributed by atoms with E-state index < -0.39 is 0 Å². The maximum Gasteiger partial charge on any atom is 0.143 e. The summed E-state index contributed by atoms with van der Waals surface area (Å²) in [6, 6.07) is 67.5. The number of hydrogen-bond donors (Lipinski definition) is 0. The van der Waals surface area contributed by atoms with Gasteiger partial charge in [-0.2, -0.15) is 0 Å². The first-order valence-corrected chi connectivity index (χ1v) is 17.1. The zero-order valence-corrected chi connectivity index (χ0v) is 27.3. The van der Waals surface area contributed by atoms with E-state index in [1.54, 1.807) is 0 Å². The third-order valence-corrected chi connectivity index (χ3v) is 10.0. The molecule has 0 amide bonds. The number of rotatable bonds is 5. The van der Waals surface area contributed by atoms with Crippen molar-refractivity contribution in [2.45, 2.75) is 0 Å². The third kappa shape index (κ3) is 4.57. The number of nitrogens with zero attached hydrogens (tertiary/aromatic N) is 1. The van der Waals surface area contributed by atoms with Crippen molar-refractivity contribution in [2.75, 3.05) is 4.90 Å². The maximum absolute atomic E-state index is 6.40. The Kier molecular flexibility index (Phi) is 6.53. The number of anilines is 3. The van der Waals surface area contributed by atoms with Crippen molar-refractivity contribution in [3.63, 3.8) is 0 Å². The van der Waals surface area contributed by atoms with Crippen LogP contribution in [0, 0.1) is 0 Å². The van der Waals surface area contributed by atoms with Crippen LogP contribution in [0.25, 0.3) is 76.5 Å². The van der Waals surface area contributed by atoms with Crippen LogP contribution >= 0.6 is 0 Å². The highest BCUT2D eigenvalue weighted by Gasteiger charge is 2.18. The molecule has 0 saturated carbocycles. The molecular formula is C48H31NO. The minimum absolute atomic E-state index is 0.910. The van der Waals surface area contributed by atoms with E-state index in [-0.39, 0.29) is 0 Å². The Morgan fingerprint density at radius 2 is 0.980 bits per heavy atom. The van der Waals surface area contributed by atoms with Crippen LogP contribution in [-0.2, 0) is 0 Å². The van der Waals surface area contributed by atoms with E-state index in [0.29, 0.717) is 0 Å². The highest BCUT2D eigenvalue weighted by atomic mass is 16.3. The molecule has 0 unspecified atom stereocenters. The van der Waals surface area contributed by atoms with Crippen molar-refractivity contribution in [3.8, 4) is 22.3 Å². The van der Waals surface area contributed by atoms with Crippen LogP contribution in [0.1, 0.15) is 0 Å². The van der Waals surface area contributed by atoms with E-state index in [2.05, 4.69) is 181 Å². The number of para-hydroxylation sites is 2. The second kappa shape index (κ2) is 11.5. The summed E-state index contributed by atoms with van der Waals surface area (Å²) in [6.45, 7) is 0. The predicted octanol–water partition coefficient (Wildman–Crippen LogP) is 13.8. The molecule has 0 fully saturated rings. The van der Waals surface area contributed by atoms with Gasteiger partial charge in [-0.25, -0.2) is 0 Å². The average Bonchev–Trinajstić information content (AvgIpc) is 3.57. The second-order valence-corrected chi connectivity index (χ2v) is 12.9. The van der Waals surface area contributed by atoms with Crippen LogP contribution in [0.3, 0.4) is 0 Å². The van der Waals surface area contributed by atoms with Gasteiger partial charge in [-0.15, -0.1) is 0 Å². The molecule has 1 aromatic heterocycles.